The van der Waals surface area contributed by atoms with Crippen LogP contribution in [-0.2, 0) is 9.59 Å². The van der Waals surface area contributed by atoms with Crippen LogP contribution < -0.4 is 20.5 Å². The third-order valence-corrected chi connectivity index (χ3v) is 6.38. The van der Waals surface area contributed by atoms with Crippen molar-refractivity contribution in [3.63, 3.8) is 0 Å². The molecule has 0 radical (unpaired) electrons. The van der Waals surface area contributed by atoms with E-state index in [0.717, 1.165) is 11.8 Å². The number of pyridine rings is 1. The number of benzene rings is 2. The highest BCUT2D eigenvalue weighted by molar-refractivity contribution is 6.31. The minimum Gasteiger partial charge on any atom is -0.496 e. The molecular weight excluding hydrogens is 444 g/mol. The molecule has 5 rings (SSSR count). The molecule has 8 heteroatoms. The number of carbonyl (C=O) groups excluding carboxylic acids is 2. The van der Waals surface area contributed by atoms with E-state index in [0.29, 0.717) is 57.1 Å². The smallest absolute Gasteiger partial charge is 0.262 e. The Morgan fingerprint density at radius 3 is 2.46 bits per heavy atom. The summed E-state index contributed by atoms with van der Waals surface area (Å²) in [4.78, 5) is 33.4. The van der Waals surface area contributed by atoms with Gasteiger partial charge >= 0.3 is 0 Å². The van der Waals surface area contributed by atoms with Gasteiger partial charge in [0.15, 0.2) is 0 Å². The van der Waals surface area contributed by atoms with E-state index in [1.54, 1.807) is 32.5 Å². The fraction of sp³-hybridized carbons (Fsp3) is 0.222. The molecule has 0 aliphatic carbocycles. The summed E-state index contributed by atoms with van der Waals surface area (Å²) in [5.74, 6) is 0.485. The summed E-state index contributed by atoms with van der Waals surface area (Å²) in [5.41, 5.74) is 9.98. The highest BCUT2D eigenvalue weighted by Crippen LogP contribution is 2.46. The van der Waals surface area contributed by atoms with E-state index in [9.17, 15) is 9.59 Å². The maximum absolute atomic E-state index is 13.9. The number of methoxy groups -OCH3 is 2. The van der Waals surface area contributed by atoms with Gasteiger partial charge in [-0.1, -0.05) is 37.6 Å². The average Bonchev–Trinajstić information content (AvgIpc) is 3.38. The molecule has 2 aliphatic heterocycles. The first-order valence-electron chi connectivity index (χ1n) is 11.5. The van der Waals surface area contributed by atoms with Gasteiger partial charge in [0.25, 0.3) is 11.8 Å². The van der Waals surface area contributed by atoms with Gasteiger partial charge in [0.1, 0.15) is 17.0 Å². The van der Waals surface area contributed by atoms with Crippen molar-refractivity contribution >= 4 is 34.1 Å². The number of hydrogen-bond donors (Lipinski definition) is 2. The number of para-hydroxylation sites is 2. The van der Waals surface area contributed by atoms with Crippen molar-refractivity contribution in [2.75, 3.05) is 14.2 Å². The highest BCUT2D eigenvalue weighted by atomic mass is 16.5. The molecule has 3 aromatic rings. The van der Waals surface area contributed by atoms with E-state index in [2.05, 4.69) is 10.3 Å². The minimum absolute atomic E-state index is 0.300. The first-order chi connectivity index (χ1) is 17.0. The molecule has 1 atom stereocenters. The number of aromatic nitrogens is 1. The molecule has 1 aromatic heterocycles. The van der Waals surface area contributed by atoms with E-state index in [4.69, 9.17) is 15.2 Å². The van der Waals surface area contributed by atoms with Gasteiger partial charge in [0.05, 0.1) is 42.9 Å². The van der Waals surface area contributed by atoms with Crippen LogP contribution in [0, 0.1) is 0 Å². The normalized spacial score (nSPS) is 16.2. The van der Waals surface area contributed by atoms with Crippen LogP contribution in [0.15, 0.2) is 65.9 Å². The lowest BCUT2D eigenvalue weighted by atomic mass is 9.99. The standard InChI is InChI=1S/C27H26N4O4/c1-4-8-20(28)31-25(17-9-5-6-11-18(17)34-2)22-21(27(31)33)24(30-26(22)32)16-13-14-29-23-15(16)10-7-12-19(23)35-3/h5-7,9-14,20H,4,8,28H2,1-3H3,(H,30,32). The van der Waals surface area contributed by atoms with Gasteiger partial charge in [-0.2, -0.15) is 0 Å². The predicted molar refractivity (Wildman–Crippen MR) is 133 cm³/mol. The van der Waals surface area contributed by atoms with E-state index < -0.39 is 6.17 Å². The Labute approximate surface area is 203 Å². The SMILES string of the molecule is CCCC(N)N1C(=O)C2=C(c3ccnc4c(OC)cccc34)NC(=O)C2=C1c1ccccc1OC. The lowest BCUT2D eigenvalue weighted by Gasteiger charge is -2.28. The number of amides is 2. The second-order valence-corrected chi connectivity index (χ2v) is 8.37. The molecular formula is C27H26N4O4. The number of hydrogen-bond acceptors (Lipinski definition) is 6. The zero-order valence-electron chi connectivity index (χ0n) is 19.8. The molecule has 3 N–H and O–H groups in total. The van der Waals surface area contributed by atoms with Crippen LogP contribution in [0.4, 0.5) is 0 Å². The lowest BCUT2D eigenvalue weighted by Crippen LogP contribution is -2.43. The largest absolute Gasteiger partial charge is 0.496 e. The molecule has 8 nitrogen and oxygen atoms in total. The molecule has 1 unspecified atom stereocenters. The fourth-order valence-electron chi connectivity index (χ4n) is 4.84. The van der Waals surface area contributed by atoms with E-state index in [1.165, 1.54) is 4.90 Å². The van der Waals surface area contributed by atoms with Crippen molar-refractivity contribution in [2.24, 2.45) is 5.73 Å². The quantitative estimate of drug-likeness (QED) is 0.548. The summed E-state index contributed by atoms with van der Waals surface area (Å²) in [6.07, 6.45) is 2.41. The van der Waals surface area contributed by atoms with Crippen LogP contribution in [0.3, 0.4) is 0 Å². The third-order valence-electron chi connectivity index (χ3n) is 6.38. The number of ether oxygens (including phenoxy) is 2. The Kier molecular flexibility index (Phi) is 5.74. The monoisotopic (exact) mass is 470 g/mol. The van der Waals surface area contributed by atoms with E-state index in [-0.39, 0.29) is 11.8 Å². The number of nitrogens with one attached hydrogen (secondary N) is 1. The van der Waals surface area contributed by atoms with E-state index >= 15 is 0 Å². The van der Waals surface area contributed by atoms with Crippen molar-refractivity contribution in [2.45, 2.75) is 25.9 Å². The summed E-state index contributed by atoms with van der Waals surface area (Å²) >= 11 is 0. The molecule has 2 aliphatic rings. The molecule has 35 heavy (non-hydrogen) atoms. The fourth-order valence-corrected chi connectivity index (χ4v) is 4.84. The van der Waals surface area contributed by atoms with E-state index in [1.807, 2.05) is 43.3 Å². The second-order valence-electron chi connectivity index (χ2n) is 8.37. The van der Waals surface area contributed by atoms with Gasteiger partial charge in [-0.15, -0.1) is 0 Å². The molecule has 0 saturated heterocycles. The Bertz CT molecular complexity index is 1430. The Morgan fingerprint density at radius 2 is 1.71 bits per heavy atom. The number of nitrogens with two attached hydrogens (primary N) is 1. The number of nitrogens with zero attached hydrogens (tertiary/aromatic N) is 2. The Hall–Kier alpha value is -4.17. The first-order valence-corrected chi connectivity index (χ1v) is 11.5. The van der Waals surface area contributed by atoms with Gasteiger partial charge in [-0.25, -0.2) is 0 Å². The van der Waals surface area contributed by atoms with Gasteiger partial charge in [0, 0.05) is 22.7 Å². The summed E-state index contributed by atoms with van der Waals surface area (Å²) in [5, 5.41) is 3.71. The Balaban J connectivity index is 1.81. The zero-order valence-corrected chi connectivity index (χ0v) is 19.8. The minimum atomic E-state index is -0.596. The number of carbonyl (C=O) groups is 2. The van der Waals surface area contributed by atoms with Gasteiger partial charge in [-0.3, -0.25) is 19.5 Å². The maximum Gasteiger partial charge on any atom is 0.262 e. The number of fused-ring (bicyclic) bond motifs is 2. The molecule has 2 aromatic carbocycles. The Morgan fingerprint density at radius 1 is 0.971 bits per heavy atom. The molecule has 0 fully saturated rings. The average molecular weight is 471 g/mol. The van der Waals surface area contributed by atoms with Crippen molar-refractivity contribution in [1.82, 2.24) is 15.2 Å². The highest BCUT2D eigenvalue weighted by Gasteiger charge is 2.47. The van der Waals surface area contributed by atoms with Crippen LogP contribution >= 0.6 is 0 Å². The van der Waals surface area contributed by atoms with Crippen molar-refractivity contribution in [1.29, 1.82) is 0 Å². The molecule has 2 amide bonds. The second kappa shape index (κ2) is 8.88. The van der Waals surface area contributed by atoms with Gasteiger partial charge < -0.3 is 20.5 Å². The van der Waals surface area contributed by atoms with Crippen LogP contribution in [0.5, 0.6) is 11.5 Å². The van der Waals surface area contributed by atoms with Crippen LogP contribution in [0.2, 0.25) is 0 Å². The van der Waals surface area contributed by atoms with Crippen molar-refractivity contribution < 1.29 is 19.1 Å². The first kappa shape index (κ1) is 22.6. The third kappa shape index (κ3) is 3.45. The molecule has 0 saturated carbocycles. The summed E-state index contributed by atoms with van der Waals surface area (Å²) in [6.45, 7) is 2.01. The van der Waals surface area contributed by atoms with Gasteiger partial charge in [0.2, 0.25) is 0 Å². The summed E-state index contributed by atoms with van der Waals surface area (Å²) in [7, 11) is 3.14. The van der Waals surface area contributed by atoms with Crippen LogP contribution in [-0.4, -0.2) is 42.1 Å². The van der Waals surface area contributed by atoms with Crippen LogP contribution in [0.25, 0.3) is 22.3 Å². The molecule has 0 spiro atoms. The summed E-state index contributed by atoms with van der Waals surface area (Å²) in [6, 6.07) is 14.7. The maximum atomic E-state index is 13.9. The predicted octanol–water partition coefficient (Wildman–Crippen LogP) is 3.43. The molecule has 0 bridgehead atoms. The molecule has 178 valence electrons. The summed E-state index contributed by atoms with van der Waals surface area (Å²) < 4.78 is 11.0. The number of rotatable bonds is 7. The lowest BCUT2D eigenvalue weighted by molar-refractivity contribution is -0.124. The van der Waals surface area contributed by atoms with Crippen molar-refractivity contribution in [3.8, 4) is 11.5 Å². The van der Waals surface area contributed by atoms with Crippen molar-refractivity contribution in [3.05, 3.63) is 77.0 Å². The zero-order chi connectivity index (χ0) is 24.7. The topological polar surface area (TPSA) is 107 Å². The van der Waals surface area contributed by atoms with Crippen LogP contribution in [0.1, 0.15) is 30.9 Å². The molecule has 3 heterocycles. The van der Waals surface area contributed by atoms with Gasteiger partial charge in [-0.05, 0) is 30.7 Å².